The number of nitrogens with zero attached hydrogens (tertiary/aromatic N) is 1. The van der Waals surface area contributed by atoms with Crippen LogP contribution >= 0.6 is 11.6 Å². The van der Waals surface area contributed by atoms with Crippen LogP contribution in [0.2, 0.25) is 5.02 Å². The fourth-order valence-electron chi connectivity index (χ4n) is 3.74. The molecule has 1 heterocycles. The Bertz CT molecular complexity index is 1280. The summed E-state index contributed by atoms with van der Waals surface area (Å²) in [6.07, 6.45) is 0. The summed E-state index contributed by atoms with van der Waals surface area (Å²) in [7, 11) is 1.58. The van der Waals surface area contributed by atoms with Crippen molar-refractivity contribution in [2.24, 2.45) is 0 Å². The van der Waals surface area contributed by atoms with Gasteiger partial charge in [-0.05, 0) is 73.4 Å². The van der Waals surface area contributed by atoms with E-state index in [1.165, 1.54) is 4.90 Å². The fraction of sp³-hybridized carbons (Fsp3) is 0.154. The van der Waals surface area contributed by atoms with E-state index in [1.54, 1.807) is 31.4 Å². The summed E-state index contributed by atoms with van der Waals surface area (Å²) < 4.78 is 5.29. The normalized spacial score (nSPS) is 13.7. The highest BCUT2D eigenvalue weighted by Crippen LogP contribution is 2.36. The lowest BCUT2D eigenvalue weighted by atomic mass is 9.99. The van der Waals surface area contributed by atoms with Crippen LogP contribution in [0.3, 0.4) is 0 Å². The molecule has 1 aliphatic rings. The van der Waals surface area contributed by atoms with Gasteiger partial charge in [-0.15, -0.1) is 0 Å². The minimum Gasteiger partial charge on any atom is -0.497 e. The number of imide groups is 1. The molecule has 6 heteroatoms. The van der Waals surface area contributed by atoms with E-state index in [-0.39, 0.29) is 11.6 Å². The highest BCUT2D eigenvalue weighted by molar-refractivity contribution is 6.46. The molecule has 0 atom stereocenters. The average Bonchev–Trinajstić information content (AvgIpc) is 3.00. The van der Waals surface area contributed by atoms with Crippen LogP contribution < -0.4 is 15.0 Å². The number of ether oxygens (including phenoxy) is 1. The minimum atomic E-state index is -0.420. The van der Waals surface area contributed by atoms with E-state index in [9.17, 15) is 9.59 Å². The lowest BCUT2D eigenvalue weighted by Gasteiger charge is -2.18. The van der Waals surface area contributed by atoms with Crippen LogP contribution in [0.5, 0.6) is 5.75 Å². The van der Waals surface area contributed by atoms with Gasteiger partial charge >= 0.3 is 0 Å². The van der Waals surface area contributed by atoms with Gasteiger partial charge < -0.3 is 10.1 Å². The molecule has 3 aromatic rings. The summed E-state index contributed by atoms with van der Waals surface area (Å²) in [4.78, 5) is 28.4. The molecular formula is C26H23ClN2O3. The number of aryl methyl sites for hydroxylation is 3. The maximum atomic E-state index is 13.6. The van der Waals surface area contributed by atoms with E-state index in [4.69, 9.17) is 16.3 Å². The van der Waals surface area contributed by atoms with E-state index < -0.39 is 5.91 Å². The molecule has 4 rings (SSSR count). The predicted octanol–water partition coefficient (Wildman–Crippen LogP) is 5.67. The van der Waals surface area contributed by atoms with Crippen molar-refractivity contribution in [1.29, 1.82) is 0 Å². The molecule has 3 aromatic carbocycles. The third kappa shape index (κ3) is 3.87. The maximum Gasteiger partial charge on any atom is 0.282 e. The summed E-state index contributed by atoms with van der Waals surface area (Å²) in [6.45, 7) is 5.82. The van der Waals surface area contributed by atoms with Gasteiger partial charge in [-0.1, -0.05) is 35.9 Å². The van der Waals surface area contributed by atoms with Crippen molar-refractivity contribution in [2.45, 2.75) is 20.8 Å². The van der Waals surface area contributed by atoms with Gasteiger partial charge in [-0.2, -0.15) is 0 Å². The molecular weight excluding hydrogens is 424 g/mol. The predicted molar refractivity (Wildman–Crippen MR) is 128 cm³/mol. The van der Waals surface area contributed by atoms with Crippen LogP contribution in [0.4, 0.5) is 11.4 Å². The molecule has 0 aromatic heterocycles. The molecule has 0 bridgehead atoms. The number of methoxy groups -OCH3 is 1. The van der Waals surface area contributed by atoms with Crippen molar-refractivity contribution >= 4 is 40.4 Å². The van der Waals surface area contributed by atoms with Gasteiger partial charge in [-0.25, -0.2) is 4.90 Å². The number of amides is 2. The van der Waals surface area contributed by atoms with Gasteiger partial charge in [-0.3, -0.25) is 9.59 Å². The third-order valence-electron chi connectivity index (χ3n) is 5.62. The lowest BCUT2D eigenvalue weighted by molar-refractivity contribution is -0.120. The number of anilines is 2. The summed E-state index contributed by atoms with van der Waals surface area (Å²) in [5.41, 5.74) is 5.28. The first-order chi connectivity index (χ1) is 15.3. The zero-order chi connectivity index (χ0) is 23.0. The fourth-order valence-corrected chi connectivity index (χ4v) is 3.97. The molecule has 2 amide bonds. The average molecular weight is 447 g/mol. The molecule has 1 N–H and O–H groups in total. The summed E-state index contributed by atoms with van der Waals surface area (Å²) in [5, 5.41) is 3.71. The minimum absolute atomic E-state index is 0.223. The number of hydrogen-bond acceptors (Lipinski definition) is 4. The number of hydrogen-bond donors (Lipinski definition) is 1. The van der Waals surface area contributed by atoms with Gasteiger partial charge in [0.2, 0.25) is 0 Å². The van der Waals surface area contributed by atoms with E-state index >= 15 is 0 Å². The van der Waals surface area contributed by atoms with Crippen LogP contribution in [0.1, 0.15) is 22.3 Å². The molecule has 162 valence electrons. The van der Waals surface area contributed by atoms with E-state index in [2.05, 4.69) is 5.32 Å². The summed E-state index contributed by atoms with van der Waals surface area (Å²) in [5.74, 6) is -0.156. The van der Waals surface area contributed by atoms with E-state index in [0.717, 1.165) is 16.7 Å². The SMILES string of the molecule is COc1cccc(NC2=C(c3ccc(C)c(C)c3)C(=O)N(c3ccc(Cl)cc3C)C2=O)c1. The number of halogens is 1. The lowest BCUT2D eigenvalue weighted by Crippen LogP contribution is -2.33. The Kier molecular flexibility index (Phi) is 5.76. The Morgan fingerprint density at radius 3 is 2.31 bits per heavy atom. The Labute approximate surface area is 192 Å². The van der Waals surface area contributed by atoms with Crippen molar-refractivity contribution in [3.8, 4) is 5.75 Å². The quantitative estimate of drug-likeness (QED) is 0.513. The zero-order valence-electron chi connectivity index (χ0n) is 18.3. The van der Waals surface area contributed by atoms with Crippen molar-refractivity contribution in [2.75, 3.05) is 17.3 Å². The van der Waals surface area contributed by atoms with Crippen molar-refractivity contribution < 1.29 is 14.3 Å². The van der Waals surface area contributed by atoms with Crippen molar-refractivity contribution in [3.05, 3.63) is 93.6 Å². The molecule has 0 saturated carbocycles. The Morgan fingerprint density at radius 2 is 1.62 bits per heavy atom. The van der Waals surface area contributed by atoms with Crippen LogP contribution in [-0.2, 0) is 9.59 Å². The molecule has 0 saturated heterocycles. The van der Waals surface area contributed by atoms with Gasteiger partial charge in [0.05, 0.1) is 18.4 Å². The monoisotopic (exact) mass is 446 g/mol. The smallest absolute Gasteiger partial charge is 0.282 e. The highest BCUT2D eigenvalue weighted by atomic mass is 35.5. The Morgan fingerprint density at radius 1 is 0.844 bits per heavy atom. The molecule has 0 spiro atoms. The zero-order valence-corrected chi connectivity index (χ0v) is 19.1. The first-order valence-corrected chi connectivity index (χ1v) is 10.6. The highest BCUT2D eigenvalue weighted by Gasteiger charge is 2.41. The van der Waals surface area contributed by atoms with E-state index in [0.29, 0.717) is 33.3 Å². The number of rotatable bonds is 5. The maximum absolute atomic E-state index is 13.6. The Hall–Kier alpha value is -3.57. The van der Waals surface area contributed by atoms with Crippen molar-refractivity contribution in [3.63, 3.8) is 0 Å². The van der Waals surface area contributed by atoms with Gasteiger partial charge in [0.1, 0.15) is 11.4 Å². The first kappa shape index (κ1) is 21.7. The number of nitrogens with one attached hydrogen (secondary N) is 1. The largest absolute Gasteiger partial charge is 0.497 e. The summed E-state index contributed by atoms with van der Waals surface area (Å²) >= 11 is 6.09. The molecule has 0 aliphatic carbocycles. The number of carbonyl (C=O) groups is 2. The molecule has 0 unspecified atom stereocenters. The van der Waals surface area contributed by atoms with E-state index in [1.807, 2.05) is 57.2 Å². The van der Waals surface area contributed by atoms with Gasteiger partial charge in [0.15, 0.2) is 0 Å². The molecule has 1 aliphatic heterocycles. The molecule has 5 nitrogen and oxygen atoms in total. The van der Waals surface area contributed by atoms with Gasteiger partial charge in [0.25, 0.3) is 11.8 Å². The Balaban J connectivity index is 1.86. The van der Waals surface area contributed by atoms with Gasteiger partial charge in [0, 0.05) is 16.8 Å². The first-order valence-electron chi connectivity index (χ1n) is 10.2. The second-order valence-electron chi connectivity index (χ2n) is 7.78. The summed E-state index contributed by atoms with van der Waals surface area (Å²) in [6, 6.07) is 18.1. The number of carbonyl (C=O) groups excluding carboxylic acids is 2. The topological polar surface area (TPSA) is 58.6 Å². The molecule has 32 heavy (non-hydrogen) atoms. The standard InChI is InChI=1S/C26H23ClN2O3/c1-15-8-9-18(12-16(15)2)23-24(28-20-6-5-7-21(14-20)32-4)26(31)29(25(23)30)22-11-10-19(27)13-17(22)3/h5-14,28H,1-4H3. The third-order valence-corrected chi connectivity index (χ3v) is 5.85. The second-order valence-corrected chi connectivity index (χ2v) is 8.22. The van der Waals surface area contributed by atoms with Crippen LogP contribution in [0, 0.1) is 20.8 Å². The van der Waals surface area contributed by atoms with Crippen LogP contribution in [0.15, 0.2) is 66.4 Å². The number of benzene rings is 3. The van der Waals surface area contributed by atoms with Crippen LogP contribution in [-0.4, -0.2) is 18.9 Å². The van der Waals surface area contributed by atoms with Crippen LogP contribution in [0.25, 0.3) is 5.57 Å². The van der Waals surface area contributed by atoms with Crippen molar-refractivity contribution in [1.82, 2.24) is 0 Å². The molecule has 0 radical (unpaired) electrons. The molecule has 0 fully saturated rings. The second kappa shape index (κ2) is 8.52.